The molecule has 1 aliphatic heterocycles. The lowest BCUT2D eigenvalue weighted by Gasteiger charge is -2.35. The van der Waals surface area contributed by atoms with Crippen molar-refractivity contribution in [2.45, 2.75) is 75.6 Å². The number of benzene rings is 1. The summed E-state index contributed by atoms with van der Waals surface area (Å²) in [6.45, 7) is 6.79. The Hall–Kier alpha value is -2.70. The molecule has 1 aliphatic carbocycles. The van der Waals surface area contributed by atoms with Crippen molar-refractivity contribution < 1.29 is 31.5 Å². The molecule has 1 atom stereocenters. The van der Waals surface area contributed by atoms with Crippen LogP contribution in [0.5, 0.6) is 0 Å². The van der Waals surface area contributed by atoms with E-state index in [0.29, 0.717) is 20.0 Å². The zero-order chi connectivity index (χ0) is 28.1. The summed E-state index contributed by atoms with van der Waals surface area (Å²) < 4.78 is 68.7. The van der Waals surface area contributed by atoms with Gasteiger partial charge in [0.05, 0.1) is 16.2 Å². The number of halogens is 3. The minimum absolute atomic E-state index is 0.0274. The van der Waals surface area contributed by atoms with Crippen LogP contribution in [0.15, 0.2) is 41.3 Å². The molecule has 0 radical (unpaired) electrons. The molecule has 38 heavy (non-hydrogen) atoms. The number of aromatic nitrogens is 1. The van der Waals surface area contributed by atoms with E-state index in [1.807, 2.05) is 0 Å². The Kier molecular flexibility index (Phi) is 7.07. The topological polar surface area (TPSA) is 112 Å². The zero-order valence-electron chi connectivity index (χ0n) is 21.8. The highest BCUT2D eigenvalue weighted by molar-refractivity contribution is 7.89. The maximum absolute atomic E-state index is 13.5. The molecule has 8 nitrogen and oxygen atoms in total. The summed E-state index contributed by atoms with van der Waals surface area (Å²) in [5.74, 6) is -0.603. The molecule has 1 amide bonds. The zero-order valence-corrected chi connectivity index (χ0v) is 22.6. The first-order valence-electron chi connectivity index (χ1n) is 12.4. The third-order valence-electron chi connectivity index (χ3n) is 7.09. The molecule has 2 aromatic rings. The number of rotatable bonds is 6. The van der Waals surface area contributed by atoms with Gasteiger partial charge >= 0.3 is 6.18 Å². The Morgan fingerprint density at radius 1 is 1.03 bits per heavy atom. The highest BCUT2D eigenvalue weighted by Crippen LogP contribution is 2.54. The van der Waals surface area contributed by atoms with Crippen molar-refractivity contribution in [1.82, 2.24) is 9.71 Å². The number of hydrogen-bond acceptors (Lipinski definition) is 6. The number of sulfonamides is 1. The second kappa shape index (κ2) is 9.49. The van der Waals surface area contributed by atoms with E-state index in [9.17, 15) is 31.5 Å². The van der Waals surface area contributed by atoms with E-state index in [0.717, 1.165) is 31.7 Å². The molecule has 2 heterocycles. The van der Waals surface area contributed by atoms with Crippen LogP contribution in [0.1, 0.15) is 69.4 Å². The van der Waals surface area contributed by atoms with E-state index in [1.54, 1.807) is 25.7 Å². The Morgan fingerprint density at radius 3 is 2.21 bits per heavy atom. The van der Waals surface area contributed by atoms with Crippen molar-refractivity contribution in [2.24, 2.45) is 5.41 Å². The second-order valence-electron chi connectivity index (χ2n) is 11.5. The van der Waals surface area contributed by atoms with Crippen LogP contribution in [-0.4, -0.2) is 49.2 Å². The van der Waals surface area contributed by atoms with Crippen molar-refractivity contribution in [3.05, 3.63) is 47.7 Å². The van der Waals surface area contributed by atoms with Crippen molar-refractivity contribution in [3.8, 4) is 0 Å². The minimum Gasteiger partial charge on any atom is -0.375 e. The average Bonchev–Trinajstić information content (AvgIpc) is 3.55. The Bertz CT molecular complexity index is 1320. The predicted molar refractivity (Wildman–Crippen MR) is 137 cm³/mol. The Balaban J connectivity index is 1.65. The molecule has 0 bridgehead atoms. The lowest BCUT2D eigenvalue weighted by Crippen LogP contribution is -2.41. The van der Waals surface area contributed by atoms with E-state index in [-0.39, 0.29) is 27.4 Å². The fourth-order valence-corrected chi connectivity index (χ4v) is 6.02. The van der Waals surface area contributed by atoms with Crippen molar-refractivity contribution in [1.29, 1.82) is 0 Å². The van der Waals surface area contributed by atoms with Gasteiger partial charge in [0.15, 0.2) is 5.60 Å². The quantitative estimate of drug-likeness (QED) is 0.483. The molecule has 1 saturated carbocycles. The lowest BCUT2D eigenvalue weighted by molar-refractivity contribution is -0.260. The molecule has 3 N–H and O–H groups in total. The molecule has 12 heteroatoms. The van der Waals surface area contributed by atoms with Gasteiger partial charge in [0, 0.05) is 24.3 Å². The summed E-state index contributed by atoms with van der Waals surface area (Å²) in [6, 6.07) is 7.91. The summed E-state index contributed by atoms with van der Waals surface area (Å²) >= 11 is 0. The molecule has 1 aromatic carbocycles. The van der Waals surface area contributed by atoms with Crippen LogP contribution in [0.2, 0.25) is 0 Å². The van der Waals surface area contributed by atoms with E-state index < -0.39 is 38.9 Å². The lowest BCUT2D eigenvalue weighted by atomic mass is 9.93. The highest BCUT2D eigenvalue weighted by Gasteiger charge is 2.53. The number of aliphatic hydroxyl groups is 1. The maximum atomic E-state index is 13.5. The van der Waals surface area contributed by atoms with Crippen molar-refractivity contribution in [3.63, 3.8) is 0 Å². The monoisotopic (exact) mass is 554 g/mol. The van der Waals surface area contributed by atoms with Crippen LogP contribution in [0.25, 0.3) is 0 Å². The molecule has 1 aromatic heterocycles. The van der Waals surface area contributed by atoms with Gasteiger partial charge in [0.1, 0.15) is 5.82 Å². The van der Waals surface area contributed by atoms with Gasteiger partial charge in [-0.05, 0) is 89.1 Å². The van der Waals surface area contributed by atoms with Gasteiger partial charge in [-0.3, -0.25) is 4.79 Å². The summed E-state index contributed by atoms with van der Waals surface area (Å²) in [4.78, 5) is 19.2. The van der Waals surface area contributed by atoms with Crippen LogP contribution >= 0.6 is 0 Å². The molecular weight excluding hydrogens is 521 g/mol. The van der Waals surface area contributed by atoms with Gasteiger partial charge in [-0.15, -0.1) is 0 Å². The van der Waals surface area contributed by atoms with Gasteiger partial charge in [0.25, 0.3) is 5.91 Å². The average molecular weight is 555 g/mol. The standard InChI is InChI=1S/C26H33F3N4O4S/c1-23(2,3)32-38(36,37)18-7-5-6-17(16-18)30-22(34)19-8-9-20(24(4,35)26(27,28)29)31-21(19)33-14-12-25(10-11-25)13-15-33/h5-9,16,32,35H,10-15H2,1-4H3,(H,30,34)/t24-/m1/s1. The number of carbonyl (C=O) groups excluding carboxylic acids is 1. The van der Waals surface area contributed by atoms with E-state index in [1.165, 1.54) is 30.3 Å². The van der Waals surface area contributed by atoms with Crippen LogP contribution in [-0.2, 0) is 15.6 Å². The number of piperidine rings is 1. The summed E-state index contributed by atoms with van der Waals surface area (Å²) in [5, 5.41) is 12.9. The number of pyridine rings is 1. The number of amides is 1. The highest BCUT2D eigenvalue weighted by atomic mass is 32.2. The maximum Gasteiger partial charge on any atom is 0.422 e. The number of carbonyl (C=O) groups is 1. The molecule has 4 rings (SSSR count). The summed E-state index contributed by atoms with van der Waals surface area (Å²) in [6.07, 6.45) is -1.04. The molecule has 2 fully saturated rings. The Morgan fingerprint density at radius 2 is 1.66 bits per heavy atom. The van der Waals surface area contributed by atoms with Crippen LogP contribution < -0.4 is 14.9 Å². The smallest absolute Gasteiger partial charge is 0.375 e. The van der Waals surface area contributed by atoms with Gasteiger partial charge in [0.2, 0.25) is 10.0 Å². The largest absolute Gasteiger partial charge is 0.422 e. The molecule has 2 aliphatic rings. The van der Waals surface area contributed by atoms with Crippen LogP contribution in [0, 0.1) is 5.41 Å². The van der Waals surface area contributed by atoms with Gasteiger partial charge < -0.3 is 15.3 Å². The van der Waals surface area contributed by atoms with Gasteiger partial charge in [-0.2, -0.15) is 13.2 Å². The molecule has 0 unspecified atom stereocenters. The van der Waals surface area contributed by atoms with Gasteiger partial charge in [-0.1, -0.05) is 6.07 Å². The van der Waals surface area contributed by atoms with Crippen molar-refractivity contribution in [2.75, 3.05) is 23.3 Å². The fraction of sp³-hybridized carbons (Fsp3) is 0.538. The third kappa shape index (κ3) is 5.97. The predicted octanol–water partition coefficient (Wildman–Crippen LogP) is 4.56. The van der Waals surface area contributed by atoms with Crippen molar-refractivity contribution >= 4 is 27.4 Å². The first kappa shape index (κ1) is 28.3. The van der Waals surface area contributed by atoms with Crippen LogP contribution in [0.4, 0.5) is 24.7 Å². The first-order valence-corrected chi connectivity index (χ1v) is 13.9. The summed E-state index contributed by atoms with van der Waals surface area (Å²) in [7, 11) is -3.86. The van der Waals surface area contributed by atoms with E-state index in [2.05, 4.69) is 15.0 Å². The fourth-order valence-electron chi connectivity index (χ4n) is 4.55. The SMILES string of the molecule is CC(C)(C)NS(=O)(=O)c1cccc(NC(=O)c2ccc([C@@](C)(O)C(F)(F)F)nc2N2CCC3(CC2)CC3)c1. The number of nitrogens with one attached hydrogen (secondary N) is 2. The number of anilines is 2. The Labute approximate surface area is 220 Å². The second-order valence-corrected chi connectivity index (χ2v) is 13.1. The third-order valence-corrected chi connectivity index (χ3v) is 8.85. The van der Waals surface area contributed by atoms with Crippen LogP contribution in [0.3, 0.4) is 0 Å². The number of hydrogen-bond donors (Lipinski definition) is 3. The number of nitrogens with zero attached hydrogens (tertiary/aromatic N) is 2. The van der Waals surface area contributed by atoms with E-state index >= 15 is 0 Å². The molecular formula is C26H33F3N4O4S. The molecule has 1 spiro atoms. The molecule has 1 saturated heterocycles. The van der Waals surface area contributed by atoms with E-state index in [4.69, 9.17) is 0 Å². The molecule has 208 valence electrons. The normalized spacial score (nSPS) is 19.2. The number of alkyl halides is 3. The van der Waals surface area contributed by atoms with Gasteiger partial charge in [-0.25, -0.2) is 18.1 Å². The summed E-state index contributed by atoms with van der Waals surface area (Å²) in [5.41, 5.74) is -4.02. The first-order chi connectivity index (χ1) is 17.4. The minimum atomic E-state index is -4.96.